The molecule has 0 saturated heterocycles. The molecule has 0 fully saturated rings. The molecule has 0 aromatic carbocycles. The lowest BCUT2D eigenvalue weighted by Gasteiger charge is -2.17. The fraction of sp³-hybridized carbons (Fsp3) is 0.455. The van der Waals surface area contributed by atoms with Gasteiger partial charge in [-0.25, -0.2) is 4.98 Å². The molecule has 0 bridgehead atoms. The molecule has 3 nitrogen and oxygen atoms in total. The van der Waals surface area contributed by atoms with Gasteiger partial charge in [-0.2, -0.15) is 0 Å². The fourth-order valence-electron chi connectivity index (χ4n) is 0.877. The molecule has 0 atom stereocenters. The van der Waals surface area contributed by atoms with Crippen molar-refractivity contribution in [1.29, 1.82) is 0 Å². The minimum absolute atomic E-state index is 0.0363. The summed E-state index contributed by atoms with van der Waals surface area (Å²) in [6.45, 7) is 7.55. The van der Waals surface area contributed by atoms with Gasteiger partial charge in [-0.05, 0) is 34.5 Å². The molecule has 1 rings (SSSR count). The molecule has 1 aromatic rings. The number of anilines is 1. The van der Waals surface area contributed by atoms with Crippen LogP contribution in [0.4, 0.5) is 5.82 Å². The zero-order valence-corrected chi connectivity index (χ0v) is 11.0. The molecule has 0 aliphatic carbocycles. The van der Waals surface area contributed by atoms with Crippen LogP contribution in [0.25, 0.3) is 0 Å². The van der Waals surface area contributed by atoms with Crippen LogP contribution < -0.4 is 5.32 Å². The van der Waals surface area contributed by atoms with E-state index in [9.17, 15) is 4.79 Å². The summed E-state index contributed by atoms with van der Waals surface area (Å²) in [6.07, 6.45) is 0. The first-order valence-electron chi connectivity index (χ1n) is 4.75. The lowest BCUT2D eigenvalue weighted by atomic mass is 9.96. The Hall–Kier alpha value is -0.900. The largest absolute Gasteiger partial charge is 0.310 e. The Kier molecular flexibility index (Phi) is 3.50. The van der Waals surface area contributed by atoms with Crippen molar-refractivity contribution >= 4 is 27.7 Å². The number of aryl methyl sites for hydroxylation is 1. The fourth-order valence-corrected chi connectivity index (χ4v) is 1.20. The van der Waals surface area contributed by atoms with Gasteiger partial charge in [-0.1, -0.05) is 26.8 Å². The Bertz CT molecular complexity index is 383. The number of nitrogens with one attached hydrogen (secondary N) is 1. The van der Waals surface area contributed by atoms with E-state index in [2.05, 4.69) is 26.2 Å². The summed E-state index contributed by atoms with van der Waals surface area (Å²) in [5, 5.41) is 2.77. The highest BCUT2D eigenvalue weighted by atomic mass is 79.9. The van der Waals surface area contributed by atoms with Gasteiger partial charge < -0.3 is 5.32 Å². The van der Waals surface area contributed by atoms with Crippen molar-refractivity contribution in [2.75, 3.05) is 5.32 Å². The maximum absolute atomic E-state index is 11.7. The zero-order chi connectivity index (χ0) is 11.6. The average molecular weight is 271 g/mol. The van der Waals surface area contributed by atoms with Crippen LogP contribution in [0.15, 0.2) is 16.7 Å². The Balaban J connectivity index is 2.83. The lowest BCUT2D eigenvalue weighted by Crippen LogP contribution is -2.28. The van der Waals surface area contributed by atoms with E-state index >= 15 is 0 Å². The van der Waals surface area contributed by atoms with Gasteiger partial charge in [0.05, 0.1) is 0 Å². The number of hydrogen-bond acceptors (Lipinski definition) is 2. The summed E-state index contributed by atoms with van der Waals surface area (Å²) in [5.74, 6) is 0.540. The lowest BCUT2D eigenvalue weighted by molar-refractivity contribution is -0.123. The minimum atomic E-state index is -0.404. The summed E-state index contributed by atoms with van der Waals surface area (Å²) in [7, 11) is 0. The van der Waals surface area contributed by atoms with E-state index in [0.29, 0.717) is 5.82 Å². The molecule has 1 N–H and O–H groups in total. The third-order valence-electron chi connectivity index (χ3n) is 1.96. The van der Waals surface area contributed by atoms with Crippen LogP contribution in [0.2, 0.25) is 0 Å². The van der Waals surface area contributed by atoms with Gasteiger partial charge >= 0.3 is 0 Å². The third-order valence-corrected chi connectivity index (χ3v) is 2.76. The second kappa shape index (κ2) is 4.31. The van der Waals surface area contributed by atoms with E-state index in [-0.39, 0.29) is 5.91 Å². The quantitative estimate of drug-likeness (QED) is 0.797. The number of halogens is 1. The summed E-state index contributed by atoms with van der Waals surface area (Å²) in [6, 6.07) is 3.71. The molecule has 0 spiro atoms. The number of nitrogens with zero attached hydrogens (tertiary/aromatic N) is 1. The Morgan fingerprint density at radius 1 is 1.40 bits per heavy atom. The smallest absolute Gasteiger partial charge is 0.230 e. The SMILES string of the molecule is Cc1ccc(NC(=O)C(C)(C)C)nc1Br. The third kappa shape index (κ3) is 3.30. The van der Waals surface area contributed by atoms with Crippen molar-refractivity contribution in [1.82, 2.24) is 4.98 Å². The number of carbonyl (C=O) groups is 1. The van der Waals surface area contributed by atoms with E-state index in [1.807, 2.05) is 33.8 Å². The average Bonchev–Trinajstić information content (AvgIpc) is 2.10. The summed E-state index contributed by atoms with van der Waals surface area (Å²) < 4.78 is 0.759. The van der Waals surface area contributed by atoms with Gasteiger partial charge in [0.1, 0.15) is 10.4 Å². The second-order valence-corrected chi connectivity index (χ2v) is 5.26. The molecule has 1 amide bonds. The first kappa shape index (κ1) is 12.2. The number of hydrogen-bond donors (Lipinski definition) is 1. The van der Waals surface area contributed by atoms with Crippen molar-refractivity contribution in [2.45, 2.75) is 27.7 Å². The minimum Gasteiger partial charge on any atom is -0.310 e. The number of rotatable bonds is 1. The van der Waals surface area contributed by atoms with Crippen LogP contribution in [0.1, 0.15) is 26.3 Å². The van der Waals surface area contributed by atoms with E-state index in [1.165, 1.54) is 0 Å². The Morgan fingerprint density at radius 3 is 2.47 bits per heavy atom. The van der Waals surface area contributed by atoms with Crippen molar-refractivity contribution in [3.63, 3.8) is 0 Å². The van der Waals surface area contributed by atoms with Gasteiger partial charge in [0.2, 0.25) is 5.91 Å². The maximum atomic E-state index is 11.7. The van der Waals surface area contributed by atoms with Crippen LogP contribution in [0.5, 0.6) is 0 Å². The Labute approximate surface area is 98.4 Å². The van der Waals surface area contributed by atoms with Crippen LogP contribution in [-0.4, -0.2) is 10.9 Å². The standard InChI is InChI=1S/C11H15BrN2O/c1-7-5-6-8(13-9(7)12)14-10(15)11(2,3)4/h5-6H,1-4H3,(H,13,14,15). The maximum Gasteiger partial charge on any atom is 0.230 e. The number of amides is 1. The summed E-state index contributed by atoms with van der Waals surface area (Å²) in [4.78, 5) is 15.9. The van der Waals surface area contributed by atoms with Crippen molar-refractivity contribution < 1.29 is 4.79 Å². The van der Waals surface area contributed by atoms with E-state index in [4.69, 9.17) is 0 Å². The molecular formula is C11H15BrN2O. The van der Waals surface area contributed by atoms with E-state index in [1.54, 1.807) is 6.07 Å². The van der Waals surface area contributed by atoms with Crippen LogP contribution >= 0.6 is 15.9 Å². The molecule has 1 heterocycles. The van der Waals surface area contributed by atoms with Crippen molar-refractivity contribution in [3.8, 4) is 0 Å². The second-order valence-electron chi connectivity index (χ2n) is 4.51. The number of pyridine rings is 1. The molecule has 15 heavy (non-hydrogen) atoms. The highest BCUT2D eigenvalue weighted by Gasteiger charge is 2.21. The molecular weight excluding hydrogens is 256 g/mol. The first-order chi connectivity index (χ1) is 6.80. The summed E-state index contributed by atoms with van der Waals surface area (Å²) >= 11 is 3.32. The van der Waals surface area contributed by atoms with Crippen LogP contribution in [0, 0.1) is 12.3 Å². The van der Waals surface area contributed by atoms with Crippen LogP contribution in [-0.2, 0) is 4.79 Å². The monoisotopic (exact) mass is 270 g/mol. The topological polar surface area (TPSA) is 42.0 Å². The van der Waals surface area contributed by atoms with Gasteiger partial charge in [0.25, 0.3) is 0 Å². The van der Waals surface area contributed by atoms with Gasteiger partial charge in [0, 0.05) is 5.41 Å². The number of aromatic nitrogens is 1. The van der Waals surface area contributed by atoms with Gasteiger partial charge in [-0.15, -0.1) is 0 Å². The Morgan fingerprint density at radius 2 is 2.00 bits per heavy atom. The molecule has 0 aliphatic rings. The zero-order valence-electron chi connectivity index (χ0n) is 9.39. The van der Waals surface area contributed by atoms with Crippen LogP contribution in [0.3, 0.4) is 0 Å². The summed E-state index contributed by atoms with van der Waals surface area (Å²) in [5.41, 5.74) is 0.641. The predicted octanol–water partition coefficient (Wildman–Crippen LogP) is 3.14. The number of carbonyl (C=O) groups excluding carboxylic acids is 1. The van der Waals surface area contributed by atoms with Gasteiger partial charge in [-0.3, -0.25) is 4.79 Å². The highest BCUT2D eigenvalue weighted by Crippen LogP contribution is 2.19. The molecule has 0 unspecified atom stereocenters. The van der Waals surface area contributed by atoms with Gasteiger partial charge in [0.15, 0.2) is 0 Å². The molecule has 0 saturated carbocycles. The van der Waals surface area contributed by atoms with Crippen molar-refractivity contribution in [3.05, 3.63) is 22.3 Å². The predicted molar refractivity (Wildman–Crippen MR) is 64.8 cm³/mol. The highest BCUT2D eigenvalue weighted by molar-refractivity contribution is 9.10. The van der Waals surface area contributed by atoms with Crippen molar-refractivity contribution in [2.24, 2.45) is 5.41 Å². The molecule has 1 aromatic heterocycles. The molecule has 82 valence electrons. The molecule has 4 heteroatoms. The van der Waals surface area contributed by atoms with E-state index < -0.39 is 5.41 Å². The first-order valence-corrected chi connectivity index (χ1v) is 5.54. The molecule has 0 aliphatic heterocycles. The molecule has 0 radical (unpaired) electrons. The van der Waals surface area contributed by atoms with E-state index in [0.717, 1.165) is 10.2 Å². The normalized spacial score (nSPS) is 11.3.